The third-order valence-electron chi connectivity index (χ3n) is 5.18. The fraction of sp³-hybridized carbons (Fsp3) is 0.261. The number of alkyl halides is 3. The highest BCUT2D eigenvalue weighted by molar-refractivity contribution is 5.97. The summed E-state index contributed by atoms with van der Waals surface area (Å²) >= 11 is 0. The number of carbonyl (C=O) groups excluding carboxylic acids is 1. The van der Waals surface area contributed by atoms with Gasteiger partial charge in [0.2, 0.25) is 0 Å². The first-order valence-electron chi connectivity index (χ1n) is 9.98. The molecule has 0 saturated heterocycles. The van der Waals surface area contributed by atoms with Gasteiger partial charge >= 0.3 is 6.18 Å². The minimum atomic E-state index is -4.35. The van der Waals surface area contributed by atoms with E-state index in [0.717, 1.165) is 23.0 Å². The molecule has 0 amide bonds. The van der Waals surface area contributed by atoms with Crippen molar-refractivity contribution in [3.8, 4) is 0 Å². The molecule has 0 bridgehead atoms. The molecule has 0 N–H and O–H groups in total. The predicted molar refractivity (Wildman–Crippen MR) is 112 cm³/mol. The number of carbonyl (C=O) groups is 1. The number of Topliss-reactive ketones (excluding diaryl/α,β-unsaturated/α-hetero) is 1. The van der Waals surface area contributed by atoms with Crippen molar-refractivity contribution in [2.75, 3.05) is 0 Å². The van der Waals surface area contributed by atoms with E-state index >= 15 is 0 Å². The summed E-state index contributed by atoms with van der Waals surface area (Å²) in [5.41, 5.74) is 2.43. The van der Waals surface area contributed by atoms with Gasteiger partial charge in [-0.25, -0.2) is 0 Å². The van der Waals surface area contributed by atoms with E-state index in [2.05, 4.69) is 20.1 Å². The quantitative estimate of drug-likeness (QED) is 0.406. The standard InChI is InChI=1S/C23H20F3N5O/c1-14(7-22(32)19-9-16-13-31(2)30-21(16)12-29-19)20-11-27-18(10-28-20)8-15-3-5-17(6-4-15)23(24,25)26/h3-6,9-14H,7-8H2,1-2H3. The number of benzene rings is 1. The van der Waals surface area contributed by atoms with Crippen molar-refractivity contribution in [2.24, 2.45) is 7.05 Å². The van der Waals surface area contributed by atoms with Gasteiger partial charge in [0, 0.05) is 49.8 Å². The Hall–Kier alpha value is -3.62. The monoisotopic (exact) mass is 439 g/mol. The molecule has 0 aliphatic carbocycles. The van der Waals surface area contributed by atoms with Gasteiger partial charge < -0.3 is 0 Å². The third kappa shape index (κ3) is 4.82. The van der Waals surface area contributed by atoms with Crippen molar-refractivity contribution in [3.05, 3.63) is 83.3 Å². The summed E-state index contributed by atoms with van der Waals surface area (Å²) < 4.78 is 39.7. The van der Waals surface area contributed by atoms with Crippen LogP contribution in [0.25, 0.3) is 10.9 Å². The van der Waals surface area contributed by atoms with E-state index in [-0.39, 0.29) is 18.1 Å². The second-order valence-electron chi connectivity index (χ2n) is 7.76. The maximum Gasteiger partial charge on any atom is 0.416 e. The zero-order valence-corrected chi connectivity index (χ0v) is 17.5. The Balaban J connectivity index is 1.40. The van der Waals surface area contributed by atoms with Gasteiger partial charge in [0.1, 0.15) is 11.2 Å². The molecule has 0 aliphatic rings. The van der Waals surface area contributed by atoms with E-state index in [9.17, 15) is 18.0 Å². The number of aromatic nitrogens is 5. The fourth-order valence-electron chi connectivity index (χ4n) is 3.42. The number of ketones is 1. The van der Waals surface area contributed by atoms with Crippen LogP contribution in [0.4, 0.5) is 13.2 Å². The summed E-state index contributed by atoms with van der Waals surface area (Å²) in [6, 6.07) is 6.72. The molecule has 1 atom stereocenters. The zero-order valence-electron chi connectivity index (χ0n) is 17.5. The molecule has 6 nitrogen and oxygen atoms in total. The van der Waals surface area contributed by atoms with Crippen LogP contribution in [-0.2, 0) is 19.6 Å². The largest absolute Gasteiger partial charge is 0.416 e. The molecule has 0 spiro atoms. The Bertz CT molecular complexity index is 1250. The maximum absolute atomic E-state index is 12.7. The lowest BCUT2D eigenvalue weighted by molar-refractivity contribution is -0.137. The van der Waals surface area contributed by atoms with Crippen LogP contribution in [0.3, 0.4) is 0 Å². The Kier molecular flexibility index (Phi) is 5.73. The molecule has 4 rings (SSSR count). The van der Waals surface area contributed by atoms with Crippen molar-refractivity contribution in [1.82, 2.24) is 24.7 Å². The molecule has 0 aliphatic heterocycles. The Morgan fingerprint density at radius 3 is 2.47 bits per heavy atom. The van der Waals surface area contributed by atoms with E-state index in [1.165, 1.54) is 12.1 Å². The lowest BCUT2D eigenvalue weighted by Crippen LogP contribution is -2.09. The van der Waals surface area contributed by atoms with Gasteiger partial charge in [0.25, 0.3) is 0 Å². The van der Waals surface area contributed by atoms with E-state index < -0.39 is 11.7 Å². The highest BCUT2D eigenvalue weighted by Gasteiger charge is 2.29. The summed E-state index contributed by atoms with van der Waals surface area (Å²) in [6.07, 6.45) is 2.86. The fourth-order valence-corrected chi connectivity index (χ4v) is 3.42. The third-order valence-corrected chi connectivity index (χ3v) is 5.18. The number of hydrogen-bond donors (Lipinski definition) is 0. The molecular weight excluding hydrogens is 419 g/mol. The minimum absolute atomic E-state index is 0.0983. The summed E-state index contributed by atoms with van der Waals surface area (Å²) in [4.78, 5) is 25.7. The van der Waals surface area contributed by atoms with Crippen LogP contribution < -0.4 is 0 Å². The van der Waals surface area contributed by atoms with Crippen LogP contribution in [-0.4, -0.2) is 30.5 Å². The summed E-state index contributed by atoms with van der Waals surface area (Å²) in [5.74, 6) is -0.264. The highest BCUT2D eigenvalue weighted by Crippen LogP contribution is 2.29. The van der Waals surface area contributed by atoms with Gasteiger partial charge in [-0.1, -0.05) is 19.1 Å². The molecule has 0 fully saturated rings. The van der Waals surface area contributed by atoms with E-state index in [1.807, 2.05) is 20.2 Å². The molecule has 9 heteroatoms. The molecule has 1 aromatic carbocycles. The second kappa shape index (κ2) is 8.49. The van der Waals surface area contributed by atoms with Crippen LogP contribution in [0.2, 0.25) is 0 Å². The first-order chi connectivity index (χ1) is 15.2. The van der Waals surface area contributed by atoms with Crippen LogP contribution in [0.15, 0.2) is 55.1 Å². The average molecular weight is 439 g/mol. The van der Waals surface area contributed by atoms with Crippen molar-refractivity contribution < 1.29 is 18.0 Å². The van der Waals surface area contributed by atoms with Gasteiger partial charge in [0.05, 0.1) is 23.1 Å². The summed E-state index contributed by atoms with van der Waals surface area (Å²) in [6.45, 7) is 1.89. The maximum atomic E-state index is 12.7. The number of fused-ring (bicyclic) bond motifs is 1. The average Bonchev–Trinajstić information content (AvgIpc) is 3.13. The topological polar surface area (TPSA) is 73.6 Å². The van der Waals surface area contributed by atoms with Gasteiger partial charge in [-0.15, -0.1) is 0 Å². The molecular formula is C23H20F3N5O. The number of halogens is 3. The summed E-state index contributed by atoms with van der Waals surface area (Å²) in [7, 11) is 1.81. The smallest absolute Gasteiger partial charge is 0.292 e. The Morgan fingerprint density at radius 1 is 1.06 bits per heavy atom. The molecule has 0 saturated carbocycles. The zero-order chi connectivity index (χ0) is 22.9. The van der Waals surface area contributed by atoms with Gasteiger partial charge in [0.15, 0.2) is 5.78 Å². The van der Waals surface area contributed by atoms with Crippen molar-refractivity contribution in [3.63, 3.8) is 0 Å². The number of aryl methyl sites for hydroxylation is 1. The van der Waals surface area contributed by atoms with E-state index in [1.54, 1.807) is 29.3 Å². The van der Waals surface area contributed by atoms with Crippen LogP contribution >= 0.6 is 0 Å². The lowest BCUT2D eigenvalue weighted by Gasteiger charge is -2.11. The van der Waals surface area contributed by atoms with E-state index in [0.29, 0.717) is 29.1 Å². The molecule has 32 heavy (non-hydrogen) atoms. The predicted octanol–water partition coefficient (Wildman–Crippen LogP) is 4.74. The van der Waals surface area contributed by atoms with Crippen molar-refractivity contribution >= 4 is 16.7 Å². The number of pyridine rings is 1. The molecule has 3 aromatic heterocycles. The number of nitrogens with zero attached hydrogens (tertiary/aromatic N) is 5. The second-order valence-corrected chi connectivity index (χ2v) is 7.76. The van der Waals surface area contributed by atoms with Gasteiger partial charge in [-0.05, 0) is 23.8 Å². The first kappa shape index (κ1) is 21.6. The number of hydrogen-bond acceptors (Lipinski definition) is 5. The molecule has 3 heterocycles. The van der Waals surface area contributed by atoms with Crippen molar-refractivity contribution in [2.45, 2.75) is 31.9 Å². The Morgan fingerprint density at radius 2 is 1.81 bits per heavy atom. The highest BCUT2D eigenvalue weighted by atomic mass is 19.4. The lowest BCUT2D eigenvalue weighted by atomic mass is 9.99. The first-order valence-corrected chi connectivity index (χ1v) is 9.98. The van der Waals surface area contributed by atoms with Gasteiger partial charge in [-0.3, -0.25) is 24.4 Å². The molecule has 4 aromatic rings. The molecule has 0 radical (unpaired) electrons. The molecule has 1 unspecified atom stereocenters. The Labute approximate surface area is 182 Å². The number of rotatable bonds is 6. The van der Waals surface area contributed by atoms with Gasteiger partial charge in [-0.2, -0.15) is 18.3 Å². The van der Waals surface area contributed by atoms with Crippen LogP contribution in [0.5, 0.6) is 0 Å². The normalized spacial score (nSPS) is 12.8. The van der Waals surface area contributed by atoms with Crippen LogP contribution in [0.1, 0.15) is 52.3 Å². The minimum Gasteiger partial charge on any atom is -0.292 e. The summed E-state index contributed by atoms with van der Waals surface area (Å²) in [5, 5.41) is 5.10. The van der Waals surface area contributed by atoms with Crippen LogP contribution in [0, 0.1) is 0 Å². The molecule has 164 valence electrons. The van der Waals surface area contributed by atoms with Crippen molar-refractivity contribution in [1.29, 1.82) is 0 Å². The van der Waals surface area contributed by atoms with E-state index in [4.69, 9.17) is 0 Å². The SMILES string of the molecule is CC(CC(=O)c1cc2cn(C)nc2cn1)c1cnc(Cc2ccc(C(F)(F)F)cc2)cn1.